The Morgan fingerprint density at radius 1 is 1.36 bits per heavy atom. The summed E-state index contributed by atoms with van der Waals surface area (Å²) in [6.07, 6.45) is 3.41. The summed E-state index contributed by atoms with van der Waals surface area (Å²) in [4.78, 5) is 8.31. The lowest BCUT2D eigenvalue weighted by molar-refractivity contribution is 0.792. The SMILES string of the molecule is Cc1ccn(-c2ncc(N)c(C)n2)n1. The highest BCUT2D eigenvalue weighted by atomic mass is 15.3. The molecule has 2 aromatic rings. The van der Waals surface area contributed by atoms with Gasteiger partial charge in [0.1, 0.15) is 0 Å². The van der Waals surface area contributed by atoms with Crippen molar-refractivity contribution < 1.29 is 0 Å². The molecule has 2 aromatic heterocycles. The smallest absolute Gasteiger partial charge is 0.250 e. The monoisotopic (exact) mass is 189 g/mol. The fourth-order valence-corrected chi connectivity index (χ4v) is 1.10. The van der Waals surface area contributed by atoms with E-state index in [0.717, 1.165) is 11.4 Å². The molecule has 0 atom stereocenters. The van der Waals surface area contributed by atoms with Gasteiger partial charge in [0.05, 0.1) is 23.3 Å². The van der Waals surface area contributed by atoms with Crippen molar-refractivity contribution in [3.05, 3.63) is 29.8 Å². The van der Waals surface area contributed by atoms with Gasteiger partial charge in [0.25, 0.3) is 5.95 Å². The van der Waals surface area contributed by atoms with E-state index < -0.39 is 0 Å². The summed E-state index contributed by atoms with van der Waals surface area (Å²) in [6.45, 7) is 3.76. The molecule has 72 valence electrons. The number of hydrogen-bond donors (Lipinski definition) is 1. The van der Waals surface area contributed by atoms with E-state index in [1.807, 2.05) is 26.1 Å². The Morgan fingerprint density at radius 2 is 2.14 bits per heavy atom. The van der Waals surface area contributed by atoms with E-state index in [9.17, 15) is 0 Å². The van der Waals surface area contributed by atoms with E-state index in [2.05, 4.69) is 15.1 Å². The highest BCUT2D eigenvalue weighted by molar-refractivity contribution is 5.40. The van der Waals surface area contributed by atoms with Crippen molar-refractivity contribution >= 4 is 5.69 Å². The molecular formula is C9H11N5. The Balaban J connectivity index is 2.47. The summed E-state index contributed by atoms with van der Waals surface area (Å²) in [7, 11) is 0. The maximum absolute atomic E-state index is 5.62. The van der Waals surface area contributed by atoms with Crippen LogP contribution in [0, 0.1) is 13.8 Å². The average Bonchev–Trinajstić information content (AvgIpc) is 2.57. The maximum Gasteiger partial charge on any atom is 0.250 e. The van der Waals surface area contributed by atoms with Gasteiger partial charge in [-0.15, -0.1) is 0 Å². The summed E-state index contributed by atoms with van der Waals surface area (Å²) < 4.78 is 1.63. The highest BCUT2D eigenvalue weighted by Gasteiger charge is 2.03. The van der Waals surface area contributed by atoms with Crippen molar-refractivity contribution in [2.24, 2.45) is 0 Å². The molecular weight excluding hydrogens is 178 g/mol. The first-order valence-electron chi connectivity index (χ1n) is 4.28. The zero-order valence-corrected chi connectivity index (χ0v) is 8.10. The van der Waals surface area contributed by atoms with Crippen LogP contribution in [0.3, 0.4) is 0 Å². The fraction of sp³-hybridized carbons (Fsp3) is 0.222. The van der Waals surface area contributed by atoms with Crippen molar-refractivity contribution in [3.63, 3.8) is 0 Å². The molecule has 0 aromatic carbocycles. The first-order valence-corrected chi connectivity index (χ1v) is 4.28. The Hall–Kier alpha value is -1.91. The molecule has 0 fully saturated rings. The number of anilines is 1. The Kier molecular flexibility index (Phi) is 1.92. The third kappa shape index (κ3) is 1.44. The number of aromatic nitrogens is 4. The summed E-state index contributed by atoms with van der Waals surface area (Å²) in [5, 5.41) is 4.20. The van der Waals surface area contributed by atoms with Crippen LogP contribution < -0.4 is 5.73 Å². The van der Waals surface area contributed by atoms with E-state index >= 15 is 0 Å². The molecule has 0 radical (unpaired) electrons. The molecule has 0 saturated heterocycles. The second-order valence-corrected chi connectivity index (χ2v) is 3.11. The van der Waals surface area contributed by atoms with Crippen molar-refractivity contribution in [1.82, 2.24) is 19.7 Å². The lowest BCUT2D eigenvalue weighted by Crippen LogP contribution is -2.05. The van der Waals surface area contributed by atoms with E-state index in [1.165, 1.54) is 0 Å². The highest BCUT2D eigenvalue weighted by Crippen LogP contribution is 2.07. The topological polar surface area (TPSA) is 69.6 Å². The molecule has 0 saturated carbocycles. The lowest BCUT2D eigenvalue weighted by Gasteiger charge is -2.02. The van der Waals surface area contributed by atoms with Crippen LogP contribution in [0.15, 0.2) is 18.5 Å². The standard InChI is InChI=1S/C9H11N5/c1-6-3-4-14(13-6)9-11-5-8(10)7(2)12-9/h3-5H,10H2,1-2H3. The van der Waals surface area contributed by atoms with Gasteiger partial charge in [0, 0.05) is 6.20 Å². The molecule has 2 heterocycles. The summed E-state index contributed by atoms with van der Waals surface area (Å²) in [5.41, 5.74) is 7.91. The van der Waals surface area contributed by atoms with Gasteiger partial charge in [0.2, 0.25) is 0 Å². The van der Waals surface area contributed by atoms with Gasteiger partial charge in [-0.3, -0.25) is 0 Å². The first-order chi connectivity index (χ1) is 6.66. The number of nitrogens with two attached hydrogens (primary N) is 1. The minimum absolute atomic E-state index is 0.546. The lowest BCUT2D eigenvalue weighted by atomic mass is 10.4. The molecule has 2 rings (SSSR count). The molecule has 0 bridgehead atoms. The van der Waals surface area contributed by atoms with Crippen LogP contribution in [-0.4, -0.2) is 19.7 Å². The maximum atomic E-state index is 5.62. The molecule has 0 aliphatic carbocycles. The van der Waals surface area contributed by atoms with E-state index in [-0.39, 0.29) is 0 Å². The van der Waals surface area contributed by atoms with Crippen molar-refractivity contribution in [2.75, 3.05) is 5.73 Å². The zero-order chi connectivity index (χ0) is 10.1. The van der Waals surface area contributed by atoms with Crippen LogP contribution in [0.5, 0.6) is 0 Å². The van der Waals surface area contributed by atoms with Gasteiger partial charge in [0.15, 0.2) is 0 Å². The molecule has 0 unspecified atom stereocenters. The third-order valence-electron chi connectivity index (χ3n) is 1.93. The molecule has 5 nitrogen and oxygen atoms in total. The van der Waals surface area contributed by atoms with Crippen LogP contribution in [-0.2, 0) is 0 Å². The van der Waals surface area contributed by atoms with Gasteiger partial charge in [-0.1, -0.05) is 0 Å². The third-order valence-corrected chi connectivity index (χ3v) is 1.93. The molecule has 0 spiro atoms. The van der Waals surface area contributed by atoms with Gasteiger partial charge in [-0.05, 0) is 19.9 Å². The summed E-state index contributed by atoms with van der Waals surface area (Å²) in [5.74, 6) is 0.546. The molecule has 14 heavy (non-hydrogen) atoms. The summed E-state index contributed by atoms with van der Waals surface area (Å²) >= 11 is 0. The number of aryl methyl sites for hydroxylation is 2. The van der Waals surface area contributed by atoms with Crippen LogP contribution >= 0.6 is 0 Å². The molecule has 2 N–H and O–H groups in total. The van der Waals surface area contributed by atoms with Crippen LogP contribution in [0.4, 0.5) is 5.69 Å². The largest absolute Gasteiger partial charge is 0.396 e. The number of hydrogen-bond acceptors (Lipinski definition) is 4. The summed E-state index contributed by atoms with van der Waals surface area (Å²) in [6, 6.07) is 1.90. The quantitative estimate of drug-likeness (QED) is 0.722. The Morgan fingerprint density at radius 3 is 2.71 bits per heavy atom. The molecule has 0 aliphatic heterocycles. The Labute approximate surface area is 81.6 Å². The number of nitrogen functional groups attached to an aromatic ring is 1. The predicted molar refractivity (Wildman–Crippen MR) is 53.0 cm³/mol. The molecule has 0 aliphatic rings. The second-order valence-electron chi connectivity index (χ2n) is 3.11. The normalized spacial score (nSPS) is 10.4. The van der Waals surface area contributed by atoms with Crippen LogP contribution in [0.1, 0.15) is 11.4 Å². The average molecular weight is 189 g/mol. The van der Waals surface area contributed by atoms with E-state index in [1.54, 1.807) is 10.9 Å². The minimum atomic E-state index is 0.546. The molecule has 0 amide bonds. The van der Waals surface area contributed by atoms with Gasteiger partial charge in [-0.2, -0.15) is 5.10 Å². The number of nitrogens with zero attached hydrogens (tertiary/aromatic N) is 4. The zero-order valence-electron chi connectivity index (χ0n) is 8.10. The predicted octanol–water partition coefficient (Wildman–Crippen LogP) is 0.861. The minimum Gasteiger partial charge on any atom is -0.396 e. The van der Waals surface area contributed by atoms with Crippen LogP contribution in [0.2, 0.25) is 0 Å². The van der Waals surface area contributed by atoms with Gasteiger partial charge in [-0.25, -0.2) is 14.6 Å². The van der Waals surface area contributed by atoms with Gasteiger partial charge < -0.3 is 5.73 Å². The first kappa shape index (κ1) is 8.68. The van der Waals surface area contributed by atoms with E-state index in [0.29, 0.717) is 11.6 Å². The Bertz CT molecular complexity index is 460. The van der Waals surface area contributed by atoms with Crippen molar-refractivity contribution in [3.8, 4) is 5.95 Å². The van der Waals surface area contributed by atoms with Crippen molar-refractivity contribution in [2.45, 2.75) is 13.8 Å². The second kappa shape index (κ2) is 3.10. The fourth-order valence-electron chi connectivity index (χ4n) is 1.10. The number of rotatable bonds is 1. The molecule has 5 heteroatoms. The van der Waals surface area contributed by atoms with Crippen molar-refractivity contribution in [1.29, 1.82) is 0 Å². The van der Waals surface area contributed by atoms with Crippen LogP contribution in [0.25, 0.3) is 5.95 Å². The van der Waals surface area contributed by atoms with Gasteiger partial charge >= 0.3 is 0 Å². The van der Waals surface area contributed by atoms with E-state index in [4.69, 9.17) is 5.73 Å².